The Morgan fingerprint density at radius 1 is 1.47 bits per heavy atom. The molecule has 17 heavy (non-hydrogen) atoms. The van der Waals surface area contributed by atoms with E-state index < -0.39 is 0 Å². The zero-order valence-corrected chi connectivity index (χ0v) is 10.4. The van der Waals surface area contributed by atoms with E-state index in [2.05, 4.69) is 0 Å². The summed E-state index contributed by atoms with van der Waals surface area (Å²) in [5.41, 5.74) is -0.0755. The minimum Gasteiger partial charge on any atom is -0.463 e. The van der Waals surface area contributed by atoms with Gasteiger partial charge in [-0.3, -0.25) is 9.13 Å². The first-order chi connectivity index (χ1) is 8.06. The third kappa shape index (κ3) is 3.62. The molecule has 0 saturated carbocycles. The van der Waals surface area contributed by atoms with Gasteiger partial charge in [-0.05, 0) is 20.8 Å². The smallest absolute Gasteiger partial charge is 0.330 e. The second-order valence-corrected chi connectivity index (χ2v) is 3.89. The predicted octanol–water partition coefficient (Wildman–Crippen LogP) is 1.35. The van der Waals surface area contributed by atoms with Gasteiger partial charge >= 0.3 is 11.7 Å². The standard InChI is InChI=1S/C12H18N2O3/c1-4-17-11(15)6-5-7-13-8-9-14(10(2)3)12(13)16/h5-6,8-10H,4,7H2,1-3H3/b6-5+. The van der Waals surface area contributed by atoms with Crippen molar-refractivity contribution in [1.29, 1.82) is 0 Å². The third-order valence-corrected chi connectivity index (χ3v) is 2.27. The molecule has 1 aromatic rings. The molecule has 94 valence electrons. The van der Waals surface area contributed by atoms with Crippen LogP contribution in [-0.2, 0) is 16.1 Å². The molecule has 0 unspecified atom stereocenters. The maximum Gasteiger partial charge on any atom is 0.330 e. The van der Waals surface area contributed by atoms with Gasteiger partial charge in [0, 0.05) is 31.1 Å². The molecule has 0 radical (unpaired) electrons. The van der Waals surface area contributed by atoms with Crippen LogP contribution in [0.25, 0.3) is 0 Å². The molecule has 0 amide bonds. The number of nitrogens with zero attached hydrogens (tertiary/aromatic N) is 2. The van der Waals surface area contributed by atoms with Crippen molar-refractivity contribution >= 4 is 5.97 Å². The van der Waals surface area contributed by atoms with Gasteiger partial charge < -0.3 is 4.74 Å². The topological polar surface area (TPSA) is 53.2 Å². The van der Waals surface area contributed by atoms with E-state index in [0.717, 1.165) is 0 Å². The molecule has 1 rings (SSSR count). The van der Waals surface area contributed by atoms with Crippen LogP contribution in [0.4, 0.5) is 0 Å². The first-order valence-corrected chi connectivity index (χ1v) is 5.66. The van der Waals surface area contributed by atoms with Gasteiger partial charge in [-0.1, -0.05) is 6.08 Å². The number of ether oxygens (including phenoxy) is 1. The average Bonchev–Trinajstić information content (AvgIpc) is 2.61. The Labute approximate surface area is 100 Å². The Morgan fingerprint density at radius 3 is 2.71 bits per heavy atom. The highest BCUT2D eigenvalue weighted by Crippen LogP contribution is 1.99. The molecule has 0 aliphatic rings. The summed E-state index contributed by atoms with van der Waals surface area (Å²) in [7, 11) is 0. The van der Waals surface area contributed by atoms with Crippen LogP contribution in [0.1, 0.15) is 26.8 Å². The van der Waals surface area contributed by atoms with E-state index in [-0.39, 0.29) is 17.7 Å². The summed E-state index contributed by atoms with van der Waals surface area (Å²) in [5.74, 6) is -0.385. The molecule has 5 heteroatoms. The first kappa shape index (κ1) is 13.3. The quantitative estimate of drug-likeness (QED) is 0.574. The zero-order chi connectivity index (χ0) is 12.8. The van der Waals surface area contributed by atoms with Crippen LogP contribution in [0.2, 0.25) is 0 Å². The van der Waals surface area contributed by atoms with E-state index in [1.807, 2.05) is 13.8 Å². The lowest BCUT2D eigenvalue weighted by molar-refractivity contribution is -0.137. The summed E-state index contributed by atoms with van der Waals surface area (Å²) in [6.07, 6.45) is 6.40. The minimum absolute atomic E-state index is 0.0755. The third-order valence-electron chi connectivity index (χ3n) is 2.27. The molecule has 1 aromatic heterocycles. The van der Waals surface area contributed by atoms with Crippen LogP contribution in [-0.4, -0.2) is 21.7 Å². The van der Waals surface area contributed by atoms with Crippen molar-refractivity contribution in [2.75, 3.05) is 6.61 Å². The van der Waals surface area contributed by atoms with Crippen molar-refractivity contribution in [1.82, 2.24) is 9.13 Å². The fourth-order valence-corrected chi connectivity index (χ4v) is 1.41. The number of hydrogen-bond acceptors (Lipinski definition) is 3. The Balaban J connectivity index is 2.65. The van der Waals surface area contributed by atoms with Crippen LogP contribution in [0.3, 0.4) is 0 Å². The van der Waals surface area contributed by atoms with E-state index >= 15 is 0 Å². The summed E-state index contributed by atoms with van der Waals surface area (Å²) in [6.45, 7) is 6.36. The van der Waals surface area contributed by atoms with Crippen molar-refractivity contribution in [2.24, 2.45) is 0 Å². The zero-order valence-electron chi connectivity index (χ0n) is 10.4. The molecule has 0 saturated heterocycles. The Bertz CT molecular complexity index is 455. The molecule has 0 aliphatic heterocycles. The van der Waals surface area contributed by atoms with Crippen molar-refractivity contribution in [3.05, 3.63) is 35.0 Å². The summed E-state index contributed by atoms with van der Waals surface area (Å²) < 4.78 is 7.91. The summed E-state index contributed by atoms with van der Waals surface area (Å²) in [4.78, 5) is 22.8. The van der Waals surface area contributed by atoms with Crippen LogP contribution in [0.5, 0.6) is 0 Å². The van der Waals surface area contributed by atoms with Crippen LogP contribution in [0, 0.1) is 0 Å². The van der Waals surface area contributed by atoms with E-state index in [0.29, 0.717) is 13.2 Å². The molecule has 1 heterocycles. The Kier molecular flexibility index (Phi) is 4.75. The van der Waals surface area contributed by atoms with E-state index in [9.17, 15) is 9.59 Å². The lowest BCUT2D eigenvalue weighted by Gasteiger charge is -2.03. The number of aromatic nitrogens is 2. The number of esters is 1. The second kappa shape index (κ2) is 6.08. The summed E-state index contributed by atoms with van der Waals surface area (Å²) in [6, 6.07) is 0.137. The normalized spacial score (nSPS) is 11.3. The molecule has 5 nitrogen and oxygen atoms in total. The van der Waals surface area contributed by atoms with Gasteiger partial charge in [0.2, 0.25) is 0 Å². The van der Waals surface area contributed by atoms with E-state index in [4.69, 9.17) is 4.74 Å². The average molecular weight is 238 g/mol. The maximum absolute atomic E-state index is 11.8. The van der Waals surface area contributed by atoms with E-state index in [1.165, 1.54) is 10.6 Å². The number of carbonyl (C=O) groups is 1. The highest BCUT2D eigenvalue weighted by Gasteiger charge is 2.04. The maximum atomic E-state index is 11.8. The van der Waals surface area contributed by atoms with Crippen molar-refractivity contribution < 1.29 is 9.53 Å². The molecule has 0 aromatic carbocycles. The summed E-state index contributed by atoms with van der Waals surface area (Å²) >= 11 is 0. The van der Waals surface area contributed by atoms with Gasteiger partial charge in [-0.25, -0.2) is 9.59 Å². The van der Waals surface area contributed by atoms with E-state index in [1.54, 1.807) is 30.0 Å². The highest BCUT2D eigenvalue weighted by atomic mass is 16.5. The van der Waals surface area contributed by atoms with Crippen LogP contribution < -0.4 is 5.69 Å². The predicted molar refractivity (Wildman–Crippen MR) is 64.9 cm³/mol. The summed E-state index contributed by atoms with van der Waals surface area (Å²) in [5, 5.41) is 0. The monoisotopic (exact) mass is 238 g/mol. The fourth-order valence-electron chi connectivity index (χ4n) is 1.41. The van der Waals surface area contributed by atoms with Gasteiger partial charge in [0.05, 0.1) is 6.61 Å². The minimum atomic E-state index is -0.385. The van der Waals surface area contributed by atoms with Crippen molar-refractivity contribution in [2.45, 2.75) is 33.4 Å². The van der Waals surface area contributed by atoms with Crippen LogP contribution in [0.15, 0.2) is 29.3 Å². The Hall–Kier alpha value is -1.78. The fraction of sp³-hybridized carbons (Fsp3) is 0.500. The lowest BCUT2D eigenvalue weighted by Crippen LogP contribution is -2.24. The molecule has 0 atom stereocenters. The number of allylic oxidation sites excluding steroid dienone is 1. The molecule has 0 bridgehead atoms. The van der Waals surface area contributed by atoms with Crippen molar-refractivity contribution in [3.63, 3.8) is 0 Å². The first-order valence-electron chi connectivity index (χ1n) is 5.66. The molecule has 0 spiro atoms. The van der Waals surface area contributed by atoms with Gasteiger partial charge in [0.1, 0.15) is 0 Å². The van der Waals surface area contributed by atoms with Gasteiger partial charge in [-0.2, -0.15) is 0 Å². The van der Waals surface area contributed by atoms with Crippen LogP contribution >= 0.6 is 0 Å². The van der Waals surface area contributed by atoms with Gasteiger partial charge in [0.25, 0.3) is 0 Å². The Morgan fingerprint density at radius 2 is 2.18 bits per heavy atom. The molecule has 0 fully saturated rings. The van der Waals surface area contributed by atoms with Gasteiger partial charge in [0.15, 0.2) is 0 Å². The highest BCUT2D eigenvalue weighted by molar-refractivity contribution is 5.81. The number of hydrogen-bond donors (Lipinski definition) is 0. The van der Waals surface area contributed by atoms with Crippen molar-refractivity contribution in [3.8, 4) is 0 Å². The largest absolute Gasteiger partial charge is 0.463 e. The molecular weight excluding hydrogens is 220 g/mol. The SMILES string of the molecule is CCOC(=O)/C=C/Cn1ccn(C(C)C)c1=O. The lowest BCUT2D eigenvalue weighted by atomic mass is 10.4. The molecule has 0 aliphatic carbocycles. The molecule has 0 N–H and O–H groups in total. The number of rotatable bonds is 5. The second-order valence-electron chi connectivity index (χ2n) is 3.89. The molecular formula is C12H18N2O3. The number of carbonyl (C=O) groups excluding carboxylic acids is 1. The number of imidazole rings is 1. The van der Waals surface area contributed by atoms with Gasteiger partial charge in [-0.15, -0.1) is 0 Å².